The Morgan fingerprint density at radius 1 is 1.56 bits per heavy atom. The summed E-state index contributed by atoms with van der Waals surface area (Å²) in [7, 11) is 0. The molecule has 1 heterocycles. The summed E-state index contributed by atoms with van der Waals surface area (Å²) >= 11 is 1.68. The molecule has 0 spiro atoms. The summed E-state index contributed by atoms with van der Waals surface area (Å²) in [5, 5.41) is 3.08. The van der Waals surface area contributed by atoms with Crippen molar-refractivity contribution in [3.63, 3.8) is 0 Å². The quantitative estimate of drug-likeness (QED) is 0.906. The summed E-state index contributed by atoms with van der Waals surface area (Å²) in [6.45, 7) is 2.27. The highest BCUT2D eigenvalue weighted by molar-refractivity contribution is 7.98. The van der Waals surface area contributed by atoms with E-state index in [-0.39, 0.29) is 30.5 Å². The standard InChI is InChI=1S/C13H17FN2OS/c1-9(8-18-2)16-12(17)7-15-13(16)10-5-3-4-6-11(10)14/h3-6,9,13,15H,7-8H2,1-2H3. The fourth-order valence-electron chi connectivity index (χ4n) is 2.30. The first-order valence-corrected chi connectivity index (χ1v) is 7.32. The lowest BCUT2D eigenvalue weighted by Crippen LogP contribution is -2.39. The van der Waals surface area contributed by atoms with Crippen LogP contribution in [0.3, 0.4) is 0 Å². The SMILES string of the molecule is CSCC(C)N1C(=O)CNC1c1ccccc1F. The van der Waals surface area contributed by atoms with E-state index in [1.165, 1.54) is 6.07 Å². The van der Waals surface area contributed by atoms with Crippen molar-refractivity contribution in [2.24, 2.45) is 0 Å². The molecule has 1 aromatic rings. The molecule has 1 aliphatic rings. The number of nitrogens with one attached hydrogen (secondary N) is 1. The molecule has 1 amide bonds. The summed E-state index contributed by atoms with van der Waals surface area (Å²) in [4.78, 5) is 13.7. The Hall–Kier alpha value is -1.07. The van der Waals surface area contributed by atoms with Crippen LogP contribution >= 0.6 is 11.8 Å². The molecule has 1 aromatic carbocycles. The maximum absolute atomic E-state index is 13.8. The van der Waals surface area contributed by atoms with Gasteiger partial charge >= 0.3 is 0 Å². The van der Waals surface area contributed by atoms with Gasteiger partial charge in [0.05, 0.1) is 6.54 Å². The van der Waals surface area contributed by atoms with Crippen molar-refractivity contribution < 1.29 is 9.18 Å². The average molecular weight is 268 g/mol. The van der Waals surface area contributed by atoms with Crippen molar-refractivity contribution in [2.45, 2.75) is 19.1 Å². The molecule has 3 nitrogen and oxygen atoms in total. The maximum Gasteiger partial charge on any atom is 0.238 e. The summed E-state index contributed by atoms with van der Waals surface area (Å²) < 4.78 is 13.8. The molecular formula is C13H17FN2OS. The van der Waals surface area contributed by atoms with E-state index >= 15 is 0 Å². The third-order valence-electron chi connectivity index (χ3n) is 3.10. The van der Waals surface area contributed by atoms with E-state index < -0.39 is 0 Å². The lowest BCUT2D eigenvalue weighted by atomic mass is 10.1. The number of carbonyl (C=O) groups is 1. The highest BCUT2D eigenvalue weighted by Crippen LogP contribution is 2.27. The Balaban J connectivity index is 2.27. The lowest BCUT2D eigenvalue weighted by molar-refractivity contribution is -0.129. The van der Waals surface area contributed by atoms with Crippen molar-refractivity contribution in [1.29, 1.82) is 0 Å². The van der Waals surface area contributed by atoms with Crippen LogP contribution in [-0.2, 0) is 4.79 Å². The van der Waals surface area contributed by atoms with E-state index in [0.29, 0.717) is 5.56 Å². The second kappa shape index (κ2) is 5.71. The maximum atomic E-state index is 13.8. The van der Waals surface area contributed by atoms with Crippen molar-refractivity contribution in [2.75, 3.05) is 18.6 Å². The largest absolute Gasteiger partial charge is 0.318 e. The van der Waals surface area contributed by atoms with Gasteiger partial charge in [-0.3, -0.25) is 10.1 Å². The van der Waals surface area contributed by atoms with E-state index in [1.54, 1.807) is 34.9 Å². The fraction of sp³-hybridized carbons (Fsp3) is 0.462. The predicted octanol–water partition coefficient (Wildman–Crippen LogP) is 2.01. The van der Waals surface area contributed by atoms with Crippen LogP contribution in [0.2, 0.25) is 0 Å². The molecule has 0 bridgehead atoms. The number of benzene rings is 1. The highest BCUT2D eigenvalue weighted by atomic mass is 32.2. The van der Waals surface area contributed by atoms with Crippen LogP contribution < -0.4 is 5.32 Å². The topological polar surface area (TPSA) is 32.3 Å². The zero-order chi connectivity index (χ0) is 13.1. The van der Waals surface area contributed by atoms with Gasteiger partial charge in [0.2, 0.25) is 5.91 Å². The molecule has 18 heavy (non-hydrogen) atoms. The second-order valence-electron chi connectivity index (χ2n) is 4.41. The molecular weight excluding hydrogens is 251 g/mol. The monoisotopic (exact) mass is 268 g/mol. The Morgan fingerprint density at radius 3 is 2.94 bits per heavy atom. The molecule has 0 aliphatic carbocycles. The molecule has 0 radical (unpaired) electrons. The molecule has 0 saturated carbocycles. The highest BCUT2D eigenvalue weighted by Gasteiger charge is 2.35. The first-order valence-electron chi connectivity index (χ1n) is 5.93. The number of nitrogens with zero attached hydrogens (tertiary/aromatic N) is 1. The number of thioether (sulfide) groups is 1. The number of hydrogen-bond donors (Lipinski definition) is 1. The smallest absolute Gasteiger partial charge is 0.238 e. The zero-order valence-electron chi connectivity index (χ0n) is 10.5. The molecule has 2 unspecified atom stereocenters. The minimum atomic E-state index is -0.346. The normalized spacial score (nSPS) is 21.4. The van der Waals surface area contributed by atoms with Crippen LogP contribution in [0.5, 0.6) is 0 Å². The summed E-state index contributed by atoms with van der Waals surface area (Å²) in [6, 6.07) is 6.69. The predicted molar refractivity (Wildman–Crippen MR) is 71.8 cm³/mol. The number of hydrogen-bond acceptors (Lipinski definition) is 3. The number of rotatable bonds is 4. The number of carbonyl (C=O) groups excluding carboxylic acids is 1. The van der Waals surface area contributed by atoms with Crippen LogP contribution in [0.1, 0.15) is 18.7 Å². The molecule has 5 heteroatoms. The van der Waals surface area contributed by atoms with Gasteiger partial charge < -0.3 is 4.90 Å². The average Bonchev–Trinajstić information content (AvgIpc) is 2.72. The molecule has 0 aromatic heterocycles. The number of halogens is 1. The van der Waals surface area contributed by atoms with Crippen LogP contribution in [0, 0.1) is 5.82 Å². The molecule has 2 rings (SSSR count). The van der Waals surface area contributed by atoms with E-state index in [0.717, 1.165) is 5.75 Å². The minimum absolute atomic E-state index is 0.0322. The Morgan fingerprint density at radius 2 is 2.28 bits per heavy atom. The Labute approximate surface area is 111 Å². The van der Waals surface area contributed by atoms with Gasteiger partial charge in [0, 0.05) is 17.4 Å². The van der Waals surface area contributed by atoms with E-state index in [9.17, 15) is 9.18 Å². The first kappa shape index (κ1) is 13.4. The van der Waals surface area contributed by atoms with E-state index in [4.69, 9.17) is 0 Å². The van der Waals surface area contributed by atoms with Gasteiger partial charge in [-0.05, 0) is 19.2 Å². The molecule has 1 aliphatic heterocycles. The number of amides is 1. The van der Waals surface area contributed by atoms with Crippen molar-refractivity contribution in [3.8, 4) is 0 Å². The molecule has 2 atom stereocenters. The van der Waals surface area contributed by atoms with Crippen molar-refractivity contribution in [3.05, 3.63) is 35.6 Å². The Kier molecular flexibility index (Phi) is 4.24. The summed E-state index contributed by atoms with van der Waals surface area (Å²) in [6.07, 6.45) is 1.66. The lowest BCUT2D eigenvalue weighted by Gasteiger charge is -2.30. The molecule has 1 saturated heterocycles. The molecule has 1 fully saturated rings. The van der Waals surface area contributed by atoms with Gasteiger partial charge in [-0.1, -0.05) is 18.2 Å². The zero-order valence-corrected chi connectivity index (χ0v) is 11.3. The first-order chi connectivity index (χ1) is 8.65. The van der Waals surface area contributed by atoms with Gasteiger partial charge in [-0.25, -0.2) is 4.39 Å². The Bertz CT molecular complexity index is 441. The van der Waals surface area contributed by atoms with Crippen molar-refractivity contribution >= 4 is 17.7 Å². The second-order valence-corrected chi connectivity index (χ2v) is 5.32. The van der Waals surface area contributed by atoms with Gasteiger partial charge in [0.25, 0.3) is 0 Å². The van der Waals surface area contributed by atoms with E-state index in [1.807, 2.05) is 13.2 Å². The van der Waals surface area contributed by atoms with Gasteiger partial charge in [-0.2, -0.15) is 11.8 Å². The van der Waals surface area contributed by atoms with Crippen LogP contribution in [0.15, 0.2) is 24.3 Å². The van der Waals surface area contributed by atoms with E-state index in [2.05, 4.69) is 5.32 Å². The molecule has 1 N–H and O–H groups in total. The minimum Gasteiger partial charge on any atom is -0.318 e. The fourth-order valence-corrected chi connectivity index (χ4v) is 2.94. The van der Waals surface area contributed by atoms with Gasteiger partial charge in [-0.15, -0.1) is 0 Å². The summed E-state index contributed by atoms with van der Waals surface area (Å²) in [5.74, 6) is 0.606. The van der Waals surface area contributed by atoms with Crippen LogP contribution in [0.25, 0.3) is 0 Å². The third kappa shape index (κ3) is 2.52. The van der Waals surface area contributed by atoms with Crippen molar-refractivity contribution in [1.82, 2.24) is 10.2 Å². The summed E-state index contributed by atoms with van der Waals surface area (Å²) in [5.41, 5.74) is 0.538. The van der Waals surface area contributed by atoms with Crippen LogP contribution in [0.4, 0.5) is 4.39 Å². The molecule has 98 valence electrons. The van der Waals surface area contributed by atoms with Gasteiger partial charge in [0.1, 0.15) is 12.0 Å². The van der Waals surface area contributed by atoms with Gasteiger partial charge in [0.15, 0.2) is 0 Å². The van der Waals surface area contributed by atoms with Crippen LogP contribution in [-0.4, -0.2) is 35.4 Å². The third-order valence-corrected chi connectivity index (χ3v) is 3.91.